The molecule has 1 aliphatic carbocycles. The van der Waals surface area contributed by atoms with Crippen molar-refractivity contribution in [2.75, 3.05) is 26.3 Å². The van der Waals surface area contributed by atoms with E-state index in [4.69, 9.17) is 14.2 Å². The van der Waals surface area contributed by atoms with Crippen LogP contribution in [0.5, 0.6) is 0 Å². The van der Waals surface area contributed by atoms with Crippen LogP contribution < -0.4 is 5.32 Å². The summed E-state index contributed by atoms with van der Waals surface area (Å²) >= 11 is 0. The van der Waals surface area contributed by atoms with E-state index in [1.54, 1.807) is 0 Å². The molecule has 0 atom stereocenters. The van der Waals surface area contributed by atoms with Gasteiger partial charge in [0.1, 0.15) is 24.1 Å². The summed E-state index contributed by atoms with van der Waals surface area (Å²) in [7, 11) is 0. The molecule has 152 valence electrons. The third-order valence-corrected chi connectivity index (χ3v) is 5.25. The van der Waals surface area contributed by atoms with Crippen LogP contribution in [0, 0.1) is 23.4 Å². The molecule has 1 spiro atoms. The van der Waals surface area contributed by atoms with Gasteiger partial charge in [0.05, 0.1) is 26.3 Å². The molecule has 2 amide bonds. The van der Waals surface area contributed by atoms with E-state index < -0.39 is 35.2 Å². The van der Waals surface area contributed by atoms with Crippen molar-refractivity contribution in [3.63, 3.8) is 0 Å². The molecule has 28 heavy (non-hydrogen) atoms. The average molecular weight is 400 g/mol. The van der Waals surface area contributed by atoms with E-state index in [9.17, 15) is 22.8 Å². The number of amides is 2. The summed E-state index contributed by atoms with van der Waals surface area (Å²) in [6.07, 6.45) is 0.112. The summed E-state index contributed by atoms with van der Waals surface area (Å²) in [5, 5.41) is 2.69. The van der Waals surface area contributed by atoms with Crippen molar-refractivity contribution in [2.45, 2.75) is 31.1 Å². The highest BCUT2D eigenvalue weighted by Gasteiger charge is 2.52. The van der Waals surface area contributed by atoms with Gasteiger partial charge in [-0.15, -0.1) is 0 Å². The molecule has 3 aliphatic rings. The van der Waals surface area contributed by atoms with E-state index >= 15 is 0 Å². The summed E-state index contributed by atoms with van der Waals surface area (Å²) in [6.45, 7) is 1.11. The second-order valence-corrected chi connectivity index (χ2v) is 7.55. The van der Waals surface area contributed by atoms with E-state index in [1.165, 1.54) is 4.90 Å². The molecule has 1 saturated carbocycles. The van der Waals surface area contributed by atoms with Crippen molar-refractivity contribution in [2.24, 2.45) is 5.92 Å². The first-order chi connectivity index (χ1) is 13.3. The van der Waals surface area contributed by atoms with Crippen LogP contribution in [0.15, 0.2) is 12.1 Å². The maximum atomic E-state index is 13.5. The van der Waals surface area contributed by atoms with Crippen molar-refractivity contribution < 1.29 is 37.0 Å². The SMILES string of the molecule is O=C1NC2(CO1)CN(C(=O)OC1CC(COCc3cc(F)c(F)cc3F)C1)C2. The van der Waals surface area contributed by atoms with Gasteiger partial charge in [0.15, 0.2) is 11.6 Å². The van der Waals surface area contributed by atoms with E-state index in [0.29, 0.717) is 38.6 Å². The van der Waals surface area contributed by atoms with Crippen molar-refractivity contribution >= 4 is 12.2 Å². The second-order valence-electron chi connectivity index (χ2n) is 7.55. The Labute approximate surface area is 158 Å². The van der Waals surface area contributed by atoms with Gasteiger partial charge in [0, 0.05) is 11.6 Å². The number of nitrogens with zero attached hydrogens (tertiary/aromatic N) is 1. The first kappa shape index (κ1) is 18.9. The maximum absolute atomic E-state index is 13.5. The number of rotatable bonds is 5. The average Bonchev–Trinajstić information content (AvgIpc) is 2.97. The van der Waals surface area contributed by atoms with Crippen LogP contribution in [-0.4, -0.2) is 55.0 Å². The van der Waals surface area contributed by atoms with Gasteiger partial charge in [-0.2, -0.15) is 0 Å². The maximum Gasteiger partial charge on any atom is 0.410 e. The molecule has 7 nitrogen and oxygen atoms in total. The molecule has 2 heterocycles. The second kappa shape index (κ2) is 7.16. The molecule has 0 radical (unpaired) electrons. The summed E-state index contributed by atoms with van der Waals surface area (Å²) < 4.78 is 55.2. The molecule has 0 aromatic heterocycles. The fourth-order valence-electron chi connectivity index (χ4n) is 3.61. The lowest BCUT2D eigenvalue weighted by atomic mass is 9.83. The van der Waals surface area contributed by atoms with E-state index in [1.807, 2.05) is 0 Å². The lowest BCUT2D eigenvalue weighted by Gasteiger charge is -2.46. The van der Waals surface area contributed by atoms with E-state index in [-0.39, 0.29) is 30.8 Å². The highest BCUT2D eigenvalue weighted by atomic mass is 19.2. The van der Waals surface area contributed by atoms with Gasteiger partial charge in [0.25, 0.3) is 0 Å². The Kier molecular flexibility index (Phi) is 4.82. The number of ether oxygens (including phenoxy) is 3. The number of alkyl carbamates (subject to hydrolysis) is 1. The van der Waals surface area contributed by atoms with Crippen molar-refractivity contribution in [3.05, 3.63) is 35.1 Å². The number of halogens is 3. The topological polar surface area (TPSA) is 77.1 Å². The van der Waals surface area contributed by atoms with Gasteiger partial charge >= 0.3 is 12.2 Å². The molecule has 4 rings (SSSR count). The Morgan fingerprint density at radius 1 is 1.21 bits per heavy atom. The van der Waals surface area contributed by atoms with Crippen LogP contribution in [0.4, 0.5) is 22.8 Å². The molecule has 1 aromatic carbocycles. The van der Waals surface area contributed by atoms with Crippen LogP contribution in [0.1, 0.15) is 18.4 Å². The summed E-state index contributed by atoms with van der Waals surface area (Å²) in [5.74, 6) is -3.06. The van der Waals surface area contributed by atoms with Gasteiger partial charge in [-0.3, -0.25) is 0 Å². The van der Waals surface area contributed by atoms with Crippen molar-refractivity contribution in [3.8, 4) is 0 Å². The van der Waals surface area contributed by atoms with Crippen LogP contribution >= 0.6 is 0 Å². The number of hydrogen-bond acceptors (Lipinski definition) is 5. The number of hydrogen-bond donors (Lipinski definition) is 1. The van der Waals surface area contributed by atoms with Gasteiger partial charge < -0.3 is 24.4 Å². The summed E-state index contributed by atoms with van der Waals surface area (Å²) in [4.78, 5) is 24.7. The zero-order chi connectivity index (χ0) is 19.9. The lowest BCUT2D eigenvalue weighted by Crippen LogP contribution is -2.70. The number of nitrogens with one attached hydrogen (secondary N) is 1. The fourth-order valence-corrected chi connectivity index (χ4v) is 3.61. The van der Waals surface area contributed by atoms with Crippen molar-refractivity contribution in [1.82, 2.24) is 10.2 Å². The number of carbonyl (C=O) groups is 2. The third kappa shape index (κ3) is 3.73. The quantitative estimate of drug-likeness (QED) is 0.768. The number of carbonyl (C=O) groups excluding carboxylic acids is 2. The predicted molar refractivity (Wildman–Crippen MR) is 87.8 cm³/mol. The molecule has 2 aliphatic heterocycles. The molecule has 0 unspecified atom stereocenters. The normalized spacial score (nSPS) is 25.0. The molecule has 2 saturated heterocycles. The van der Waals surface area contributed by atoms with Gasteiger partial charge in [-0.05, 0) is 24.8 Å². The number of cyclic esters (lactones) is 1. The number of benzene rings is 1. The van der Waals surface area contributed by atoms with Crippen LogP contribution in [0.2, 0.25) is 0 Å². The van der Waals surface area contributed by atoms with Gasteiger partial charge in [-0.25, -0.2) is 22.8 Å². The first-order valence-corrected chi connectivity index (χ1v) is 8.95. The van der Waals surface area contributed by atoms with Crippen LogP contribution in [0.3, 0.4) is 0 Å². The standard InChI is InChI=1S/C18H19F3N2O5/c19-13-4-15(21)14(20)3-11(13)6-26-5-10-1-12(2-10)28-17(25)23-7-18(8-23)9-27-16(24)22-18/h3-4,10,12H,1-2,5-9H2,(H,22,24). The molecule has 0 bridgehead atoms. The minimum absolute atomic E-state index is 0.0455. The highest BCUT2D eigenvalue weighted by Crippen LogP contribution is 2.33. The van der Waals surface area contributed by atoms with Crippen LogP contribution in [-0.2, 0) is 20.8 Å². The molecular weight excluding hydrogens is 381 g/mol. The zero-order valence-electron chi connectivity index (χ0n) is 14.9. The summed E-state index contributed by atoms with van der Waals surface area (Å²) in [5.41, 5.74) is -0.530. The zero-order valence-corrected chi connectivity index (χ0v) is 14.9. The Morgan fingerprint density at radius 3 is 2.61 bits per heavy atom. The Hall–Kier alpha value is -2.49. The molecule has 3 fully saturated rings. The Balaban J connectivity index is 1.13. The van der Waals surface area contributed by atoms with Crippen molar-refractivity contribution in [1.29, 1.82) is 0 Å². The molecule has 1 aromatic rings. The largest absolute Gasteiger partial charge is 0.447 e. The van der Waals surface area contributed by atoms with Gasteiger partial charge in [-0.1, -0.05) is 0 Å². The molecular formula is C18H19F3N2O5. The Morgan fingerprint density at radius 2 is 1.93 bits per heavy atom. The predicted octanol–water partition coefficient (Wildman–Crippen LogP) is 2.33. The molecule has 1 N–H and O–H groups in total. The smallest absolute Gasteiger partial charge is 0.410 e. The minimum atomic E-state index is -1.24. The highest BCUT2D eigenvalue weighted by molar-refractivity contribution is 5.74. The van der Waals surface area contributed by atoms with Crippen LogP contribution in [0.25, 0.3) is 0 Å². The number of likely N-dealkylation sites (tertiary alicyclic amines) is 1. The fraction of sp³-hybridized carbons (Fsp3) is 0.556. The Bertz CT molecular complexity index is 794. The monoisotopic (exact) mass is 400 g/mol. The summed E-state index contributed by atoms with van der Waals surface area (Å²) in [6, 6.07) is 1.28. The lowest BCUT2D eigenvalue weighted by molar-refractivity contribution is -0.0492. The third-order valence-electron chi connectivity index (χ3n) is 5.25. The van der Waals surface area contributed by atoms with Gasteiger partial charge in [0.2, 0.25) is 0 Å². The van der Waals surface area contributed by atoms with E-state index in [0.717, 1.165) is 6.07 Å². The first-order valence-electron chi connectivity index (χ1n) is 8.95. The van der Waals surface area contributed by atoms with E-state index in [2.05, 4.69) is 5.32 Å². The molecule has 10 heteroatoms. The minimum Gasteiger partial charge on any atom is -0.447 e.